The predicted molar refractivity (Wildman–Crippen MR) is 90.1 cm³/mol. The summed E-state index contributed by atoms with van der Waals surface area (Å²) in [7, 11) is 0. The van der Waals surface area contributed by atoms with Gasteiger partial charge in [0.2, 0.25) is 0 Å². The van der Waals surface area contributed by atoms with Gasteiger partial charge in [-0.2, -0.15) is 0 Å². The number of nitrogens with two attached hydrogens (primary N) is 1. The average Bonchev–Trinajstić information content (AvgIpc) is 2.37. The molecule has 0 saturated carbocycles. The fourth-order valence-electron chi connectivity index (χ4n) is 1.85. The van der Waals surface area contributed by atoms with Crippen molar-refractivity contribution in [1.29, 1.82) is 0 Å². The van der Waals surface area contributed by atoms with Crippen molar-refractivity contribution in [2.75, 3.05) is 11.1 Å². The van der Waals surface area contributed by atoms with Crippen molar-refractivity contribution in [1.82, 2.24) is 0 Å². The first-order valence-corrected chi connectivity index (χ1v) is 7.60. The molecule has 0 radical (unpaired) electrons. The van der Waals surface area contributed by atoms with Gasteiger partial charge in [-0.1, -0.05) is 22.0 Å². The minimum Gasteiger partial charge on any atom is -0.398 e. The van der Waals surface area contributed by atoms with Gasteiger partial charge in [-0.15, -0.1) is 0 Å². The van der Waals surface area contributed by atoms with E-state index in [0.29, 0.717) is 11.3 Å². The maximum absolute atomic E-state index is 12.4. The summed E-state index contributed by atoms with van der Waals surface area (Å²) in [5.74, 6) is -0.181. The second kappa shape index (κ2) is 5.97. The Bertz CT molecular complexity index is 684. The Morgan fingerprint density at radius 1 is 1.15 bits per heavy atom. The van der Waals surface area contributed by atoms with E-state index in [0.717, 1.165) is 25.8 Å². The number of carbonyl (C=O) groups excluding carboxylic acids is 1. The topological polar surface area (TPSA) is 55.1 Å². The highest BCUT2D eigenvalue weighted by Crippen LogP contribution is 2.26. The van der Waals surface area contributed by atoms with E-state index in [1.165, 1.54) is 0 Å². The van der Waals surface area contributed by atoms with Crippen molar-refractivity contribution in [3.05, 3.63) is 56.0 Å². The summed E-state index contributed by atoms with van der Waals surface area (Å²) < 4.78 is 1.64. The van der Waals surface area contributed by atoms with Crippen LogP contribution in [0.3, 0.4) is 0 Å². The molecule has 2 aromatic rings. The molecule has 2 aromatic carbocycles. The van der Waals surface area contributed by atoms with Gasteiger partial charge in [0, 0.05) is 20.2 Å². The van der Waals surface area contributed by atoms with Gasteiger partial charge < -0.3 is 11.1 Å². The number of benzene rings is 2. The number of nitrogen functional groups attached to an aromatic ring is 1. The molecular formula is C15H14Br2N2O. The largest absolute Gasteiger partial charge is 0.398 e. The van der Waals surface area contributed by atoms with Gasteiger partial charge in [0.25, 0.3) is 5.91 Å². The number of carbonyl (C=O) groups is 1. The molecule has 0 aliphatic carbocycles. The molecule has 0 unspecified atom stereocenters. The maximum atomic E-state index is 12.4. The van der Waals surface area contributed by atoms with Crippen LogP contribution in [-0.4, -0.2) is 5.91 Å². The first kappa shape index (κ1) is 15.1. The lowest BCUT2D eigenvalue weighted by Gasteiger charge is -2.12. The number of amides is 1. The minimum absolute atomic E-state index is 0.181. The third-order valence-electron chi connectivity index (χ3n) is 3.03. The van der Waals surface area contributed by atoms with Gasteiger partial charge in [0.05, 0.1) is 5.69 Å². The highest BCUT2D eigenvalue weighted by atomic mass is 79.9. The van der Waals surface area contributed by atoms with Crippen LogP contribution in [0, 0.1) is 13.8 Å². The monoisotopic (exact) mass is 396 g/mol. The van der Waals surface area contributed by atoms with E-state index >= 15 is 0 Å². The summed E-state index contributed by atoms with van der Waals surface area (Å²) in [6.45, 7) is 3.83. The van der Waals surface area contributed by atoms with Crippen molar-refractivity contribution in [3.63, 3.8) is 0 Å². The molecule has 0 aliphatic rings. The molecule has 0 atom stereocenters. The molecule has 3 N–H and O–H groups in total. The molecule has 0 bridgehead atoms. The molecule has 0 heterocycles. The van der Waals surface area contributed by atoms with Crippen LogP contribution in [0.25, 0.3) is 0 Å². The minimum atomic E-state index is -0.181. The van der Waals surface area contributed by atoms with Crippen LogP contribution in [0.2, 0.25) is 0 Å². The van der Waals surface area contributed by atoms with Crippen LogP contribution in [0.15, 0.2) is 39.3 Å². The van der Waals surface area contributed by atoms with Gasteiger partial charge in [-0.25, -0.2) is 0 Å². The molecule has 5 heteroatoms. The Hall–Kier alpha value is -1.33. The Morgan fingerprint density at radius 3 is 2.50 bits per heavy atom. The average molecular weight is 398 g/mol. The smallest absolute Gasteiger partial charge is 0.256 e. The van der Waals surface area contributed by atoms with Gasteiger partial charge >= 0.3 is 0 Å². The number of rotatable bonds is 2. The molecule has 104 valence electrons. The molecule has 0 fully saturated rings. The third-order valence-corrected chi connectivity index (χ3v) is 4.14. The normalized spacial score (nSPS) is 10.4. The van der Waals surface area contributed by atoms with Crippen molar-refractivity contribution >= 4 is 49.1 Å². The zero-order chi connectivity index (χ0) is 14.9. The van der Waals surface area contributed by atoms with E-state index in [-0.39, 0.29) is 5.91 Å². The van der Waals surface area contributed by atoms with Crippen LogP contribution in [0.4, 0.5) is 11.4 Å². The standard InChI is InChI=1S/C15H14Br2N2O/c1-8-3-4-14(12(17)5-8)19-15(20)11-6-10(16)7-13(18)9(11)2/h3-7H,18H2,1-2H3,(H,19,20). The van der Waals surface area contributed by atoms with E-state index in [4.69, 9.17) is 5.73 Å². The van der Waals surface area contributed by atoms with Gasteiger partial charge in [0.15, 0.2) is 0 Å². The lowest BCUT2D eigenvalue weighted by Crippen LogP contribution is -2.14. The predicted octanol–water partition coefficient (Wildman–Crippen LogP) is 4.66. The number of hydrogen-bond donors (Lipinski definition) is 2. The Kier molecular flexibility index (Phi) is 4.50. The van der Waals surface area contributed by atoms with Crippen LogP contribution < -0.4 is 11.1 Å². The van der Waals surface area contributed by atoms with Crippen molar-refractivity contribution in [3.8, 4) is 0 Å². The second-order valence-corrected chi connectivity index (χ2v) is 6.38. The van der Waals surface area contributed by atoms with E-state index in [9.17, 15) is 4.79 Å². The molecule has 0 spiro atoms. The molecule has 2 rings (SSSR count). The number of halogens is 2. The van der Waals surface area contributed by atoms with E-state index in [2.05, 4.69) is 37.2 Å². The molecule has 0 aromatic heterocycles. The summed E-state index contributed by atoms with van der Waals surface area (Å²) in [6.07, 6.45) is 0. The number of nitrogens with one attached hydrogen (secondary N) is 1. The fourth-order valence-corrected chi connectivity index (χ4v) is 2.92. The summed E-state index contributed by atoms with van der Waals surface area (Å²) in [4.78, 5) is 12.4. The molecule has 3 nitrogen and oxygen atoms in total. The zero-order valence-electron chi connectivity index (χ0n) is 11.1. The molecular weight excluding hydrogens is 384 g/mol. The Balaban J connectivity index is 2.33. The zero-order valence-corrected chi connectivity index (χ0v) is 14.3. The SMILES string of the molecule is Cc1ccc(NC(=O)c2cc(Br)cc(N)c2C)c(Br)c1. The molecule has 0 saturated heterocycles. The fraction of sp³-hybridized carbons (Fsp3) is 0.133. The van der Waals surface area contributed by atoms with E-state index in [1.54, 1.807) is 12.1 Å². The highest BCUT2D eigenvalue weighted by molar-refractivity contribution is 9.10. The lowest BCUT2D eigenvalue weighted by molar-refractivity contribution is 0.102. The van der Waals surface area contributed by atoms with Crippen LogP contribution in [-0.2, 0) is 0 Å². The van der Waals surface area contributed by atoms with Crippen LogP contribution in [0.1, 0.15) is 21.5 Å². The van der Waals surface area contributed by atoms with E-state index < -0.39 is 0 Å². The van der Waals surface area contributed by atoms with Crippen molar-refractivity contribution in [2.24, 2.45) is 0 Å². The summed E-state index contributed by atoms with van der Waals surface area (Å²) in [5, 5.41) is 2.89. The lowest BCUT2D eigenvalue weighted by atomic mass is 10.1. The first-order chi connectivity index (χ1) is 9.38. The van der Waals surface area contributed by atoms with E-state index in [1.807, 2.05) is 32.0 Å². The molecule has 0 aliphatic heterocycles. The first-order valence-electron chi connectivity index (χ1n) is 6.01. The number of hydrogen-bond acceptors (Lipinski definition) is 2. The third kappa shape index (κ3) is 3.22. The Labute approximate surface area is 134 Å². The van der Waals surface area contributed by atoms with Gasteiger partial charge in [0.1, 0.15) is 0 Å². The highest BCUT2D eigenvalue weighted by Gasteiger charge is 2.13. The summed E-state index contributed by atoms with van der Waals surface area (Å²) in [5.41, 5.74) is 9.66. The van der Waals surface area contributed by atoms with Crippen molar-refractivity contribution < 1.29 is 4.79 Å². The van der Waals surface area contributed by atoms with Gasteiger partial charge in [-0.3, -0.25) is 4.79 Å². The number of aryl methyl sites for hydroxylation is 1. The molecule has 20 heavy (non-hydrogen) atoms. The summed E-state index contributed by atoms with van der Waals surface area (Å²) >= 11 is 6.80. The quantitative estimate of drug-likeness (QED) is 0.723. The van der Waals surface area contributed by atoms with Crippen molar-refractivity contribution in [2.45, 2.75) is 13.8 Å². The van der Waals surface area contributed by atoms with Gasteiger partial charge in [-0.05, 0) is 65.2 Å². The number of anilines is 2. The van der Waals surface area contributed by atoms with Crippen LogP contribution >= 0.6 is 31.9 Å². The Morgan fingerprint density at radius 2 is 1.85 bits per heavy atom. The second-order valence-electron chi connectivity index (χ2n) is 4.61. The molecule has 1 amide bonds. The summed E-state index contributed by atoms with van der Waals surface area (Å²) in [6, 6.07) is 9.32. The van der Waals surface area contributed by atoms with Crippen LogP contribution in [0.5, 0.6) is 0 Å². The maximum Gasteiger partial charge on any atom is 0.256 e.